The summed E-state index contributed by atoms with van der Waals surface area (Å²) in [5.74, 6) is -0.582. The van der Waals surface area contributed by atoms with E-state index in [-0.39, 0.29) is 18.0 Å². The minimum absolute atomic E-state index is 0. The summed E-state index contributed by atoms with van der Waals surface area (Å²) in [6.07, 6.45) is -0.393. The van der Waals surface area contributed by atoms with Crippen LogP contribution in [0.4, 0.5) is 4.39 Å². The van der Waals surface area contributed by atoms with Crippen LogP contribution in [-0.4, -0.2) is 11.2 Å². The first kappa shape index (κ1) is 17.1. The van der Waals surface area contributed by atoms with Crippen molar-refractivity contribution in [2.75, 3.05) is 0 Å². The van der Waals surface area contributed by atoms with Gasteiger partial charge in [-0.3, -0.25) is 0 Å². The number of rotatable bonds is 4. The number of nitrogens with two attached hydrogens (primary N) is 1. The maximum absolute atomic E-state index is 13.3. The Labute approximate surface area is 129 Å². The van der Waals surface area contributed by atoms with Crippen molar-refractivity contribution in [3.05, 3.63) is 71.0 Å². The van der Waals surface area contributed by atoms with Crippen molar-refractivity contribution in [3.8, 4) is 6.07 Å². The Morgan fingerprint density at radius 2 is 1.86 bits per heavy atom. The van der Waals surface area contributed by atoms with E-state index in [1.165, 1.54) is 18.2 Å². The largest absolute Gasteiger partial charge is 0.391 e. The highest BCUT2D eigenvalue weighted by Crippen LogP contribution is 2.20. The predicted molar refractivity (Wildman–Crippen MR) is 81.4 cm³/mol. The van der Waals surface area contributed by atoms with Gasteiger partial charge in [0.15, 0.2) is 0 Å². The van der Waals surface area contributed by atoms with Gasteiger partial charge in [0.05, 0.1) is 17.7 Å². The smallest absolute Gasteiger partial charge is 0.140 e. The Balaban J connectivity index is 0.00000220. The summed E-state index contributed by atoms with van der Waals surface area (Å²) in [7, 11) is 0. The zero-order chi connectivity index (χ0) is 14.5. The Bertz CT molecular complexity index is 628. The number of benzene rings is 2. The summed E-state index contributed by atoms with van der Waals surface area (Å²) in [6, 6.07) is 14.7. The zero-order valence-electron chi connectivity index (χ0n) is 11.2. The van der Waals surface area contributed by atoms with Crippen LogP contribution in [0.25, 0.3) is 0 Å². The summed E-state index contributed by atoms with van der Waals surface area (Å²) >= 11 is 0. The Hall–Kier alpha value is -1.93. The van der Waals surface area contributed by atoms with Gasteiger partial charge in [0.2, 0.25) is 0 Å². The maximum atomic E-state index is 13.3. The SMILES string of the molecule is Cl.N#Cc1cc([C@@H](N)[C@@H](O)Cc2ccccc2)ccc1F. The Kier molecular flexibility index (Phi) is 6.32. The van der Waals surface area contributed by atoms with Gasteiger partial charge >= 0.3 is 0 Å². The van der Waals surface area contributed by atoms with Crippen LogP contribution in [0.2, 0.25) is 0 Å². The normalized spacial score (nSPS) is 12.9. The van der Waals surface area contributed by atoms with E-state index in [2.05, 4.69) is 0 Å². The molecule has 5 heteroatoms. The van der Waals surface area contributed by atoms with Crippen molar-refractivity contribution in [3.63, 3.8) is 0 Å². The van der Waals surface area contributed by atoms with Gasteiger partial charge in [0, 0.05) is 6.42 Å². The topological polar surface area (TPSA) is 70.0 Å². The van der Waals surface area contributed by atoms with Crippen LogP contribution < -0.4 is 5.73 Å². The van der Waals surface area contributed by atoms with Gasteiger partial charge in [-0.1, -0.05) is 36.4 Å². The van der Waals surface area contributed by atoms with E-state index in [0.717, 1.165) is 5.56 Å². The fourth-order valence-corrected chi connectivity index (χ4v) is 2.04. The molecule has 0 unspecified atom stereocenters. The lowest BCUT2D eigenvalue weighted by Gasteiger charge is -2.19. The number of aliphatic hydroxyl groups excluding tert-OH is 1. The molecule has 0 aliphatic heterocycles. The highest BCUT2D eigenvalue weighted by molar-refractivity contribution is 5.85. The van der Waals surface area contributed by atoms with Gasteiger partial charge in [0.1, 0.15) is 11.9 Å². The minimum atomic E-state index is -0.797. The van der Waals surface area contributed by atoms with Gasteiger partial charge < -0.3 is 10.8 Å². The summed E-state index contributed by atoms with van der Waals surface area (Å²) in [6.45, 7) is 0. The lowest BCUT2D eigenvalue weighted by atomic mass is 9.96. The molecular weight excluding hydrogens is 291 g/mol. The molecule has 0 amide bonds. The number of aliphatic hydroxyl groups is 1. The minimum Gasteiger partial charge on any atom is -0.391 e. The summed E-state index contributed by atoms with van der Waals surface area (Å²) < 4.78 is 13.3. The van der Waals surface area contributed by atoms with Gasteiger partial charge in [0.25, 0.3) is 0 Å². The van der Waals surface area contributed by atoms with Crippen LogP contribution in [-0.2, 0) is 6.42 Å². The molecule has 0 aromatic heterocycles. The summed E-state index contributed by atoms with van der Waals surface area (Å²) in [4.78, 5) is 0. The van der Waals surface area contributed by atoms with Gasteiger partial charge in [-0.25, -0.2) is 4.39 Å². The molecule has 0 spiro atoms. The Morgan fingerprint density at radius 1 is 1.19 bits per heavy atom. The molecule has 0 aliphatic carbocycles. The highest BCUT2D eigenvalue weighted by atomic mass is 35.5. The molecule has 3 nitrogen and oxygen atoms in total. The average molecular weight is 307 g/mol. The lowest BCUT2D eigenvalue weighted by Crippen LogP contribution is -2.28. The molecular formula is C16H16ClFN2O. The number of hydrogen-bond donors (Lipinski definition) is 2. The molecule has 0 heterocycles. The predicted octanol–water partition coefficient (Wildman–Crippen LogP) is 2.72. The van der Waals surface area contributed by atoms with E-state index >= 15 is 0 Å². The first-order chi connectivity index (χ1) is 9.61. The average Bonchev–Trinajstić information content (AvgIpc) is 2.48. The molecule has 2 rings (SSSR count). The van der Waals surface area contributed by atoms with E-state index in [4.69, 9.17) is 11.0 Å². The molecule has 0 saturated carbocycles. The van der Waals surface area contributed by atoms with Crippen molar-refractivity contribution in [2.24, 2.45) is 5.73 Å². The van der Waals surface area contributed by atoms with Gasteiger partial charge in [-0.05, 0) is 23.3 Å². The number of nitrogens with zero attached hydrogens (tertiary/aromatic N) is 1. The van der Waals surface area contributed by atoms with E-state index in [1.807, 2.05) is 30.3 Å². The Morgan fingerprint density at radius 3 is 2.48 bits per heavy atom. The molecule has 0 radical (unpaired) electrons. The molecule has 2 aromatic carbocycles. The van der Waals surface area contributed by atoms with Crippen LogP contribution in [0.3, 0.4) is 0 Å². The third-order valence-electron chi connectivity index (χ3n) is 3.20. The molecule has 0 saturated heterocycles. The number of hydrogen-bond acceptors (Lipinski definition) is 3. The summed E-state index contributed by atoms with van der Waals surface area (Å²) in [5.41, 5.74) is 7.43. The molecule has 2 aromatic rings. The molecule has 0 fully saturated rings. The van der Waals surface area contributed by atoms with Crippen LogP contribution in [0, 0.1) is 17.1 Å². The second-order valence-corrected chi connectivity index (χ2v) is 4.63. The lowest BCUT2D eigenvalue weighted by molar-refractivity contribution is 0.145. The number of nitriles is 1. The first-order valence-corrected chi connectivity index (χ1v) is 6.29. The fourth-order valence-electron chi connectivity index (χ4n) is 2.04. The van der Waals surface area contributed by atoms with Crippen LogP contribution in [0.15, 0.2) is 48.5 Å². The van der Waals surface area contributed by atoms with Crippen molar-refractivity contribution in [1.29, 1.82) is 5.26 Å². The third-order valence-corrected chi connectivity index (χ3v) is 3.20. The first-order valence-electron chi connectivity index (χ1n) is 6.29. The van der Waals surface area contributed by atoms with Crippen LogP contribution in [0.1, 0.15) is 22.7 Å². The molecule has 21 heavy (non-hydrogen) atoms. The van der Waals surface area contributed by atoms with E-state index < -0.39 is 18.0 Å². The van der Waals surface area contributed by atoms with Gasteiger partial charge in [-0.2, -0.15) is 5.26 Å². The zero-order valence-corrected chi connectivity index (χ0v) is 12.1. The standard InChI is InChI=1S/C16H15FN2O.ClH/c17-14-7-6-12(9-13(14)10-18)16(19)15(20)8-11-4-2-1-3-5-11;/h1-7,9,15-16,20H,8,19H2;1H/t15-,16+;/m0./s1. The van der Waals surface area contributed by atoms with E-state index in [1.54, 1.807) is 6.07 Å². The van der Waals surface area contributed by atoms with Crippen molar-refractivity contribution >= 4 is 12.4 Å². The quantitative estimate of drug-likeness (QED) is 0.912. The van der Waals surface area contributed by atoms with Gasteiger partial charge in [-0.15, -0.1) is 12.4 Å². The number of halogens is 2. The molecule has 0 bridgehead atoms. The monoisotopic (exact) mass is 306 g/mol. The van der Waals surface area contributed by atoms with Crippen LogP contribution >= 0.6 is 12.4 Å². The molecule has 2 atom stereocenters. The van der Waals surface area contributed by atoms with Crippen molar-refractivity contribution in [2.45, 2.75) is 18.6 Å². The van der Waals surface area contributed by atoms with Crippen LogP contribution in [0.5, 0.6) is 0 Å². The second kappa shape index (κ2) is 7.75. The molecule has 0 aliphatic rings. The van der Waals surface area contributed by atoms with Crippen molar-refractivity contribution in [1.82, 2.24) is 0 Å². The van der Waals surface area contributed by atoms with E-state index in [0.29, 0.717) is 12.0 Å². The maximum Gasteiger partial charge on any atom is 0.140 e. The van der Waals surface area contributed by atoms with Crippen molar-refractivity contribution < 1.29 is 9.50 Å². The molecule has 110 valence electrons. The third kappa shape index (κ3) is 4.27. The summed E-state index contributed by atoms with van der Waals surface area (Å²) in [5, 5.41) is 19.0. The second-order valence-electron chi connectivity index (χ2n) is 4.63. The van der Waals surface area contributed by atoms with E-state index in [9.17, 15) is 9.50 Å². The fraction of sp³-hybridized carbons (Fsp3) is 0.188. The molecule has 3 N–H and O–H groups in total. The highest BCUT2D eigenvalue weighted by Gasteiger charge is 2.18.